The van der Waals surface area contributed by atoms with Crippen LogP contribution in [-0.4, -0.2) is 32.7 Å². The number of piperidine rings is 1. The Labute approximate surface area is 139 Å². The first-order valence-electron chi connectivity index (χ1n) is 7.06. The van der Waals surface area contributed by atoms with Crippen molar-refractivity contribution in [2.24, 2.45) is 5.41 Å². The van der Waals surface area contributed by atoms with E-state index in [1.165, 1.54) is 19.2 Å². The minimum Gasteiger partial charge on any atom is -0.384 e. The molecular weight excluding hydrogens is 333 g/mol. The van der Waals surface area contributed by atoms with Gasteiger partial charge in [-0.15, -0.1) is 12.4 Å². The molecule has 1 aromatic rings. The van der Waals surface area contributed by atoms with Crippen LogP contribution >= 0.6 is 12.4 Å². The van der Waals surface area contributed by atoms with Crippen LogP contribution in [0.5, 0.6) is 0 Å². The number of carbonyl (C=O) groups excluding carboxylic acids is 1. The van der Waals surface area contributed by atoms with Gasteiger partial charge in [0.25, 0.3) is 0 Å². The summed E-state index contributed by atoms with van der Waals surface area (Å²) in [6.45, 7) is 1.61. The molecule has 0 saturated carbocycles. The fourth-order valence-corrected chi connectivity index (χ4v) is 2.66. The second kappa shape index (κ2) is 7.99. The van der Waals surface area contributed by atoms with Crippen LogP contribution in [0, 0.1) is 5.41 Å². The Kier molecular flexibility index (Phi) is 6.85. The average Bonchev–Trinajstić information content (AvgIpc) is 2.48. The zero-order valence-corrected chi connectivity index (χ0v) is 13.5. The van der Waals surface area contributed by atoms with E-state index in [4.69, 9.17) is 4.74 Å². The fourth-order valence-electron chi connectivity index (χ4n) is 2.66. The zero-order chi connectivity index (χ0) is 16.2. The molecule has 1 aliphatic heterocycles. The number of ether oxygens (including phenoxy) is 1. The Morgan fingerprint density at radius 3 is 2.57 bits per heavy atom. The third-order valence-corrected chi connectivity index (χ3v) is 3.91. The highest BCUT2D eigenvalue weighted by molar-refractivity contribution is 5.95. The molecule has 8 heteroatoms. The second-order valence-electron chi connectivity index (χ2n) is 5.50. The van der Waals surface area contributed by atoms with Gasteiger partial charge in [0.15, 0.2) is 0 Å². The van der Waals surface area contributed by atoms with E-state index in [0.717, 1.165) is 12.1 Å². The van der Waals surface area contributed by atoms with E-state index in [2.05, 4.69) is 10.6 Å². The fraction of sp³-hybridized carbons (Fsp3) is 0.533. The Balaban J connectivity index is 0.00000264. The van der Waals surface area contributed by atoms with Gasteiger partial charge in [0.05, 0.1) is 17.6 Å². The smallest absolute Gasteiger partial charge is 0.384 e. The highest BCUT2D eigenvalue weighted by Crippen LogP contribution is 2.33. The first kappa shape index (κ1) is 19.7. The number of carbonyl (C=O) groups is 1. The number of rotatable bonds is 4. The largest absolute Gasteiger partial charge is 0.416 e. The van der Waals surface area contributed by atoms with E-state index in [0.29, 0.717) is 25.9 Å². The predicted octanol–water partition coefficient (Wildman–Crippen LogP) is 3.08. The van der Waals surface area contributed by atoms with Gasteiger partial charge < -0.3 is 15.4 Å². The zero-order valence-electron chi connectivity index (χ0n) is 12.7. The Morgan fingerprint density at radius 2 is 2.00 bits per heavy atom. The van der Waals surface area contributed by atoms with Crippen LogP contribution in [0.2, 0.25) is 0 Å². The normalized spacial score (nSPS) is 17.2. The van der Waals surface area contributed by atoms with Crippen molar-refractivity contribution >= 4 is 24.0 Å². The minimum atomic E-state index is -4.43. The van der Waals surface area contributed by atoms with Crippen molar-refractivity contribution in [3.63, 3.8) is 0 Å². The van der Waals surface area contributed by atoms with Gasteiger partial charge >= 0.3 is 6.18 Å². The van der Waals surface area contributed by atoms with Crippen molar-refractivity contribution in [3.8, 4) is 0 Å². The van der Waals surface area contributed by atoms with Gasteiger partial charge in [0.2, 0.25) is 5.91 Å². The van der Waals surface area contributed by atoms with Gasteiger partial charge in [-0.3, -0.25) is 4.79 Å². The van der Waals surface area contributed by atoms with E-state index in [9.17, 15) is 18.0 Å². The number of hydrogen-bond donors (Lipinski definition) is 2. The number of amides is 1. The number of benzene rings is 1. The number of methoxy groups -OCH3 is 1. The highest BCUT2D eigenvalue weighted by atomic mass is 35.5. The molecule has 2 N–H and O–H groups in total. The average molecular weight is 353 g/mol. The maximum atomic E-state index is 12.7. The van der Waals surface area contributed by atoms with E-state index in [1.807, 2.05) is 0 Å². The molecule has 2 rings (SSSR count). The Hall–Kier alpha value is -1.31. The molecule has 0 aromatic heterocycles. The van der Waals surface area contributed by atoms with Crippen LogP contribution in [-0.2, 0) is 15.7 Å². The van der Waals surface area contributed by atoms with Crippen LogP contribution in [0.3, 0.4) is 0 Å². The molecule has 130 valence electrons. The third-order valence-electron chi connectivity index (χ3n) is 3.91. The number of halogens is 4. The molecule has 23 heavy (non-hydrogen) atoms. The summed E-state index contributed by atoms with van der Waals surface area (Å²) in [6.07, 6.45) is -3.25. The van der Waals surface area contributed by atoms with Crippen molar-refractivity contribution in [2.75, 3.05) is 32.1 Å². The summed E-state index contributed by atoms with van der Waals surface area (Å²) >= 11 is 0. The number of hydrogen-bond acceptors (Lipinski definition) is 3. The Bertz CT molecular complexity index is 526. The monoisotopic (exact) mass is 352 g/mol. The molecule has 0 spiro atoms. The molecule has 0 atom stereocenters. The lowest BCUT2D eigenvalue weighted by atomic mass is 9.78. The lowest BCUT2D eigenvalue weighted by Crippen LogP contribution is -2.47. The van der Waals surface area contributed by atoms with Crippen LogP contribution in [0.25, 0.3) is 0 Å². The van der Waals surface area contributed by atoms with Crippen molar-refractivity contribution in [3.05, 3.63) is 29.8 Å². The van der Waals surface area contributed by atoms with E-state index in [-0.39, 0.29) is 30.6 Å². The molecule has 1 aromatic carbocycles. The van der Waals surface area contributed by atoms with Gasteiger partial charge in [-0.2, -0.15) is 13.2 Å². The number of anilines is 1. The summed E-state index contributed by atoms with van der Waals surface area (Å²) in [6, 6.07) is 4.66. The van der Waals surface area contributed by atoms with Gasteiger partial charge in [-0.25, -0.2) is 0 Å². The van der Waals surface area contributed by atoms with Crippen molar-refractivity contribution in [2.45, 2.75) is 19.0 Å². The summed E-state index contributed by atoms with van der Waals surface area (Å²) in [5.41, 5.74) is -1.33. The van der Waals surface area contributed by atoms with Crippen LogP contribution in [0.4, 0.5) is 18.9 Å². The van der Waals surface area contributed by atoms with E-state index < -0.39 is 17.2 Å². The van der Waals surface area contributed by atoms with Crippen LogP contribution in [0.15, 0.2) is 24.3 Å². The van der Waals surface area contributed by atoms with Crippen LogP contribution in [0.1, 0.15) is 18.4 Å². The first-order chi connectivity index (χ1) is 10.4. The predicted molar refractivity (Wildman–Crippen MR) is 83.7 cm³/mol. The molecule has 1 saturated heterocycles. The molecule has 0 radical (unpaired) electrons. The Morgan fingerprint density at radius 1 is 1.35 bits per heavy atom. The molecule has 1 aliphatic rings. The highest BCUT2D eigenvalue weighted by Gasteiger charge is 2.40. The lowest BCUT2D eigenvalue weighted by molar-refractivity contribution is -0.137. The molecule has 0 bridgehead atoms. The molecule has 1 amide bonds. The molecule has 1 fully saturated rings. The quantitative estimate of drug-likeness (QED) is 0.875. The van der Waals surface area contributed by atoms with Gasteiger partial charge in [-0.05, 0) is 44.1 Å². The van der Waals surface area contributed by atoms with Crippen molar-refractivity contribution in [1.82, 2.24) is 5.32 Å². The number of alkyl halides is 3. The van der Waals surface area contributed by atoms with Crippen LogP contribution < -0.4 is 10.6 Å². The molecular formula is C15H20ClF3N2O2. The SMILES string of the molecule is COCC1(C(=O)Nc2cccc(C(F)(F)F)c2)CCNCC1.Cl. The molecule has 0 unspecified atom stereocenters. The summed E-state index contributed by atoms with van der Waals surface area (Å²) < 4.78 is 43.3. The molecule has 0 aliphatic carbocycles. The lowest BCUT2D eigenvalue weighted by Gasteiger charge is -2.35. The summed E-state index contributed by atoms with van der Waals surface area (Å²) in [7, 11) is 1.52. The van der Waals surface area contributed by atoms with E-state index >= 15 is 0 Å². The standard InChI is InChI=1S/C15H19F3N2O2.ClH/c1-22-10-14(5-7-19-8-6-14)13(21)20-12-4-2-3-11(9-12)15(16,17)18;/h2-4,9,19H,5-8,10H2,1H3,(H,20,21);1H. The summed E-state index contributed by atoms with van der Waals surface area (Å²) in [5.74, 6) is -0.296. The first-order valence-corrected chi connectivity index (χ1v) is 7.06. The maximum Gasteiger partial charge on any atom is 0.416 e. The van der Waals surface area contributed by atoms with Crippen molar-refractivity contribution < 1.29 is 22.7 Å². The third kappa shape index (κ3) is 4.83. The molecule has 1 heterocycles. The molecule has 4 nitrogen and oxygen atoms in total. The van der Waals surface area contributed by atoms with Gasteiger partial charge in [0, 0.05) is 12.8 Å². The minimum absolute atomic E-state index is 0. The summed E-state index contributed by atoms with van der Waals surface area (Å²) in [4.78, 5) is 12.5. The summed E-state index contributed by atoms with van der Waals surface area (Å²) in [5, 5.41) is 5.76. The van der Waals surface area contributed by atoms with E-state index in [1.54, 1.807) is 0 Å². The van der Waals surface area contributed by atoms with Crippen molar-refractivity contribution in [1.29, 1.82) is 0 Å². The topological polar surface area (TPSA) is 50.4 Å². The number of nitrogens with one attached hydrogen (secondary N) is 2. The van der Waals surface area contributed by atoms with Gasteiger partial charge in [0.1, 0.15) is 0 Å². The second-order valence-corrected chi connectivity index (χ2v) is 5.50. The van der Waals surface area contributed by atoms with Gasteiger partial charge in [-0.1, -0.05) is 6.07 Å². The maximum absolute atomic E-state index is 12.7.